The van der Waals surface area contributed by atoms with Crippen molar-refractivity contribution in [1.29, 1.82) is 0 Å². The zero-order chi connectivity index (χ0) is 14.7. The molecule has 0 aliphatic carbocycles. The molecule has 0 saturated carbocycles. The minimum atomic E-state index is 0.440. The highest BCUT2D eigenvalue weighted by Gasteiger charge is 2.07. The van der Waals surface area contributed by atoms with Crippen LogP contribution in [0.2, 0.25) is 0 Å². The van der Waals surface area contributed by atoms with Crippen molar-refractivity contribution in [2.45, 2.75) is 23.8 Å². The lowest BCUT2D eigenvalue weighted by Gasteiger charge is -2.00. The van der Waals surface area contributed by atoms with Gasteiger partial charge in [-0.15, -0.1) is 0 Å². The molecule has 3 aromatic rings. The van der Waals surface area contributed by atoms with Gasteiger partial charge in [-0.1, -0.05) is 0 Å². The van der Waals surface area contributed by atoms with Crippen LogP contribution in [0.3, 0.4) is 0 Å². The fraction of sp³-hybridized carbons (Fsp3) is 0.214. The van der Waals surface area contributed by atoms with Crippen LogP contribution in [0.15, 0.2) is 40.9 Å². The van der Waals surface area contributed by atoms with Crippen LogP contribution in [0.1, 0.15) is 12.5 Å². The molecule has 3 N–H and O–H groups in total. The molecule has 1 aromatic carbocycles. The molecule has 6 nitrogen and oxygen atoms in total. The van der Waals surface area contributed by atoms with Crippen LogP contribution in [-0.2, 0) is 6.54 Å². The molecule has 0 saturated heterocycles. The first-order valence-corrected chi connectivity index (χ1v) is 7.41. The number of nitrogens with one attached hydrogen (secondary N) is 1. The van der Waals surface area contributed by atoms with Crippen LogP contribution in [0.25, 0.3) is 11.0 Å². The van der Waals surface area contributed by atoms with Crippen molar-refractivity contribution in [2.24, 2.45) is 5.73 Å². The van der Waals surface area contributed by atoms with Crippen molar-refractivity contribution in [1.82, 2.24) is 19.9 Å². The number of rotatable bonds is 5. The van der Waals surface area contributed by atoms with E-state index in [1.807, 2.05) is 25.1 Å². The molecule has 2 aromatic heterocycles. The molecule has 0 amide bonds. The number of benzene rings is 1. The zero-order valence-corrected chi connectivity index (χ0v) is 12.4. The summed E-state index contributed by atoms with van der Waals surface area (Å²) in [6, 6.07) is 5.78. The van der Waals surface area contributed by atoms with Crippen LogP contribution < -0.4 is 10.5 Å². The number of nitrogens with two attached hydrogens (primary N) is 1. The van der Waals surface area contributed by atoms with Gasteiger partial charge in [0.05, 0.1) is 17.6 Å². The van der Waals surface area contributed by atoms with Gasteiger partial charge in [-0.3, -0.25) is 0 Å². The molecule has 21 heavy (non-hydrogen) atoms. The second-order valence-corrected chi connectivity index (χ2v) is 5.29. The van der Waals surface area contributed by atoms with E-state index >= 15 is 0 Å². The van der Waals surface area contributed by atoms with Gasteiger partial charge >= 0.3 is 0 Å². The minimum Gasteiger partial charge on any atom is -0.494 e. The van der Waals surface area contributed by atoms with Gasteiger partial charge in [0.2, 0.25) is 0 Å². The van der Waals surface area contributed by atoms with E-state index in [0.717, 1.165) is 27.5 Å². The largest absolute Gasteiger partial charge is 0.494 e. The Labute approximate surface area is 126 Å². The maximum Gasteiger partial charge on any atom is 0.195 e. The number of fused-ring (bicyclic) bond motifs is 1. The summed E-state index contributed by atoms with van der Waals surface area (Å²) in [5.41, 5.74) is 8.25. The monoisotopic (exact) mass is 301 g/mol. The Kier molecular flexibility index (Phi) is 4.03. The average Bonchev–Trinajstić information content (AvgIpc) is 2.90. The van der Waals surface area contributed by atoms with E-state index in [1.165, 1.54) is 11.8 Å². The molecule has 0 fully saturated rings. The molecular formula is C14H15N5OS. The number of ether oxygens (including phenoxy) is 1. The van der Waals surface area contributed by atoms with Gasteiger partial charge in [-0.05, 0) is 30.8 Å². The molecule has 0 bridgehead atoms. The molecular weight excluding hydrogens is 286 g/mol. The highest BCUT2D eigenvalue weighted by molar-refractivity contribution is 7.99. The number of imidazole rings is 1. The van der Waals surface area contributed by atoms with Crippen molar-refractivity contribution in [3.8, 4) is 5.75 Å². The third-order valence-electron chi connectivity index (χ3n) is 2.85. The minimum absolute atomic E-state index is 0.440. The molecule has 0 spiro atoms. The number of hydrogen-bond donors (Lipinski definition) is 2. The molecule has 0 radical (unpaired) electrons. The second kappa shape index (κ2) is 6.11. The van der Waals surface area contributed by atoms with Crippen molar-refractivity contribution in [3.63, 3.8) is 0 Å². The summed E-state index contributed by atoms with van der Waals surface area (Å²) in [4.78, 5) is 16.2. The number of H-pyrrole nitrogens is 1. The molecule has 0 aliphatic rings. The highest BCUT2D eigenvalue weighted by atomic mass is 32.2. The van der Waals surface area contributed by atoms with E-state index in [9.17, 15) is 0 Å². The normalized spacial score (nSPS) is 11.0. The Morgan fingerprint density at radius 1 is 1.29 bits per heavy atom. The first-order valence-electron chi connectivity index (χ1n) is 6.60. The van der Waals surface area contributed by atoms with Crippen molar-refractivity contribution in [3.05, 3.63) is 36.2 Å². The number of aromatic nitrogens is 4. The fourth-order valence-corrected chi connectivity index (χ4v) is 2.55. The summed E-state index contributed by atoms with van der Waals surface area (Å²) in [6.45, 7) is 3.04. The Morgan fingerprint density at radius 3 is 2.81 bits per heavy atom. The zero-order valence-electron chi connectivity index (χ0n) is 11.5. The lowest BCUT2D eigenvalue weighted by Crippen LogP contribution is -1.98. The predicted octanol–water partition coefficient (Wildman–Crippen LogP) is 2.36. The third-order valence-corrected chi connectivity index (χ3v) is 3.63. The standard InChI is InChI=1S/C14H15N5OS/c1-2-20-10-3-4-11-12(5-10)19-14(18-11)21-13-16-7-9(6-15)8-17-13/h3-5,7-8H,2,6,15H2,1H3,(H,18,19). The van der Waals surface area contributed by atoms with Crippen molar-refractivity contribution >= 4 is 22.8 Å². The molecule has 3 rings (SSSR count). The predicted molar refractivity (Wildman–Crippen MR) is 81.3 cm³/mol. The number of nitrogens with zero attached hydrogens (tertiary/aromatic N) is 3. The smallest absolute Gasteiger partial charge is 0.195 e. The van der Waals surface area contributed by atoms with Gasteiger partial charge in [-0.2, -0.15) is 0 Å². The molecule has 0 unspecified atom stereocenters. The highest BCUT2D eigenvalue weighted by Crippen LogP contribution is 2.26. The Hall–Kier alpha value is -2.12. The second-order valence-electron chi connectivity index (χ2n) is 4.33. The average molecular weight is 301 g/mol. The van der Waals surface area contributed by atoms with Gasteiger partial charge in [0.15, 0.2) is 10.3 Å². The summed E-state index contributed by atoms with van der Waals surface area (Å²) >= 11 is 1.38. The quantitative estimate of drug-likeness (QED) is 0.703. The van der Waals surface area contributed by atoms with E-state index in [0.29, 0.717) is 18.3 Å². The van der Waals surface area contributed by atoms with Crippen LogP contribution in [0, 0.1) is 0 Å². The Balaban J connectivity index is 1.83. The molecule has 0 aliphatic heterocycles. The first kappa shape index (κ1) is 13.8. The van der Waals surface area contributed by atoms with Gasteiger partial charge in [0.25, 0.3) is 0 Å². The van der Waals surface area contributed by atoms with Gasteiger partial charge < -0.3 is 15.5 Å². The van der Waals surface area contributed by atoms with E-state index in [-0.39, 0.29) is 0 Å². The summed E-state index contributed by atoms with van der Waals surface area (Å²) < 4.78 is 5.48. The molecule has 0 atom stereocenters. The summed E-state index contributed by atoms with van der Waals surface area (Å²) in [6.07, 6.45) is 3.45. The lowest BCUT2D eigenvalue weighted by atomic mass is 10.3. The molecule has 108 valence electrons. The first-order chi connectivity index (χ1) is 10.3. The number of hydrogen-bond acceptors (Lipinski definition) is 6. The fourth-order valence-electron chi connectivity index (χ4n) is 1.86. The van der Waals surface area contributed by atoms with E-state index in [2.05, 4.69) is 19.9 Å². The van der Waals surface area contributed by atoms with Crippen molar-refractivity contribution < 1.29 is 4.74 Å². The topological polar surface area (TPSA) is 89.7 Å². The van der Waals surface area contributed by atoms with Crippen LogP contribution >= 0.6 is 11.8 Å². The maximum atomic E-state index is 5.53. The van der Waals surface area contributed by atoms with Crippen LogP contribution in [-0.4, -0.2) is 26.5 Å². The summed E-state index contributed by atoms with van der Waals surface area (Å²) in [5, 5.41) is 1.38. The lowest BCUT2D eigenvalue weighted by molar-refractivity contribution is 0.340. The van der Waals surface area contributed by atoms with Gasteiger partial charge in [0.1, 0.15) is 5.75 Å². The van der Waals surface area contributed by atoms with E-state index in [4.69, 9.17) is 10.5 Å². The maximum absolute atomic E-state index is 5.53. The third kappa shape index (κ3) is 3.14. The van der Waals surface area contributed by atoms with E-state index < -0.39 is 0 Å². The van der Waals surface area contributed by atoms with Crippen molar-refractivity contribution in [2.75, 3.05) is 6.61 Å². The summed E-state index contributed by atoms with van der Waals surface area (Å²) in [7, 11) is 0. The van der Waals surface area contributed by atoms with E-state index in [1.54, 1.807) is 12.4 Å². The molecule has 7 heteroatoms. The Morgan fingerprint density at radius 2 is 2.10 bits per heavy atom. The Bertz CT molecular complexity index is 741. The van der Waals surface area contributed by atoms with Gasteiger partial charge in [0, 0.05) is 30.6 Å². The van der Waals surface area contributed by atoms with Crippen LogP contribution in [0.5, 0.6) is 5.75 Å². The van der Waals surface area contributed by atoms with Gasteiger partial charge in [-0.25, -0.2) is 15.0 Å². The van der Waals surface area contributed by atoms with Crippen LogP contribution in [0.4, 0.5) is 0 Å². The SMILES string of the molecule is CCOc1ccc2nc(Sc3ncc(CN)cn3)[nH]c2c1. The molecule has 2 heterocycles. The number of aromatic amines is 1. The summed E-state index contributed by atoms with van der Waals surface area (Å²) in [5.74, 6) is 0.828.